The molecule has 36 heavy (non-hydrogen) atoms. The average molecular weight is 520 g/mol. The molecule has 8 nitrogen and oxygen atoms in total. The van der Waals surface area contributed by atoms with E-state index in [0.29, 0.717) is 52.2 Å². The Hall–Kier alpha value is -3.50. The number of pyridine rings is 1. The molecule has 0 bridgehead atoms. The van der Waals surface area contributed by atoms with Crippen molar-refractivity contribution in [1.29, 1.82) is 0 Å². The lowest BCUT2D eigenvalue weighted by Crippen LogP contribution is -2.40. The van der Waals surface area contributed by atoms with E-state index < -0.39 is 0 Å². The molecule has 2 aliphatic rings. The zero-order valence-corrected chi connectivity index (χ0v) is 21.3. The average Bonchev–Trinajstić information content (AvgIpc) is 3.18. The minimum Gasteiger partial charge on any atom is -0.369 e. The number of nitrogens with two attached hydrogens (primary N) is 1. The molecule has 1 aromatic carbocycles. The van der Waals surface area contributed by atoms with E-state index in [1.54, 1.807) is 29.3 Å². The monoisotopic (exact) mass is 519 g/mol. The van der Waals surface area contributed by atoms with E-state index in [0.717, 1.165) is 5.56 Å². The van der Waals surface area contributed by atoms with Crippen molar-refractivity contribution >= 4 is 57.7 Å². The van der Waals surface area contributed by atoms with Crippen LogP contribution in [0.4, 0.5) is 5.82 Å². The summed E-state index contributed by atoms with van der Waals surface area (Å²) in [6, 6.07) is 14.8. The molecule has 2 N–H and O–H groups in total. The first-order valence-corrected chi connectivity index (χ1v) is 13.0. The fraction of sp³-hybridized carbons (Fsp3) is 0.269. The first-order chi connectivity index (χ1) is 17.3. The molecule has 2 aromatic heterocycles. The molecule has 1 atom stereocenters. The lowest BCUT2D eigenvalue weighted by atomic mass is 9.96. The molecule has 1 unspecified atom stereocenters. The number of aromatic nitrogens is 2. The number of amides is 2. The molecule has 2 fully saturated rings. The molecule has 10 heteroatoms. The zero-order valence-electron chi connectivity index (χ0n) is 19.7. The van der Waals surface area contributed by atoms with Crippen molar-refractivity contribution in [3.63, 3.8) is 0 Å². The molecular formula is C26H25N5O3S2. The van der Waals surface area contributed by atoms with Gasteiger partial charge < -0.3 is 10.6 Å². The lowest BCUT2D eigenvalue weighted by Gasteiger charge is -2.32. The summed E-state index contributed by atoms with van der Waals surface area (Å²) in [5.41, 5.74) is 7.04. The second-order valence-electron chi connectivity index (χ2n) is 8.89. The highest BCUT2D eigenvalue weighted by Gasteiger charge is 2.36. The van der Waals surface area contributed by atoms with Gasteiger partial charge in [-0.25, -0.2) is 4.98 Å². The molecule has 5 rings (SSSR count). The molecule has 2 saturated heterocycles. The molecule has 3 aromatic rings. The van der Waals surface area contributed by atoms with Crippen LogP contribution in [0.2, 0.25) is 0 Å². The van der Waals surface area contributed by atoms with Gasteiger partial charge in [-0.3, -0.25) is 23.7 Å². The number of carbonyl (C=O) groups is 2. The molecule has 4 heterocycles. The van der Waals surface area contributed by atoms with E-state index in [1.807, 2.05) is 48.2 Å². The van der Waals surface area contributed by atoms with Gasteiger partial charge in [0.15, 0.2) is 0 Å². The van der Waals surface area contributed by atoms with Crippen LogP contribution in [0.5, 0.6) is 0 Å². The quantitative estimate of drug-likeness (QED) is 0.407. The SMILES string of the molecule is CC(c1ccccc1)N1C(=O)/C(=C\c2c(N3CCC(C(N)=O)CC3)nc3ccccn3c2=O)SC1=S. The number of hydrogen-bond acceptors (Lipinski definition) is 7. The van der Waals surface area contributed by atoms with Crippen molar-refractivity contribution in [2.45, 2.75) is 25.8 Å². The number of thiocarbonyl (C=S) groups is 1. The Morgan fingerprint density at radius 1 is 1.14 bits per heavy atom. The van der Waals surface area contributed by atoms with E-state index in [4.69, 9.17) is 22.9 Å². The molecule has 0 spiro atoms. The van der Waals surface area contributed by atoms with Gasteiger partial charge in [0.25, 0.3) is 11.5 Å². The fourth-order valence-electron chi connectivity index (χ4n) is 4.66. The third-order valence-electron chi connectivity index (χ3n) is 6.71. The number of fused-ring (bicyclic) bond motifs is 1. The second-order valence-corrected chi connectivity index (χ2v) is 10.6. The summed E-state index contributed by atoms with van der Waals surface area (Å²) in [5, 5.41) is 0. The van der Waals surface area contributed by atoms with Crippen molar-refractivity contribution < 1.29 is 9.59 Å². The number of piperidine rings is 1. The number of carbonyl (C=O) groups excluding carboxylic acids is 2. The van der Waals surface area contributed by atoms with E-state index in [1.165, 1.54) is 16.2 Å². The van der Waals surface area contributed by atoms with Crippen molar-refractivity contribution in [1.82, 2.24) is 14.3 Å². The van der Waals surface area contributed by atoms with Crippen LogP contribution in [0.15, 0.2) is 64.4 Å². The molecule has 2 aliphatic heterocycles. The Kier molecular flexibility index (Phi) is 6.63. The van der Waals surface area contributed by atoms with E-state index in [2.05, 4.69) is 0 Å². The molecule has 0 aliphatic carbocycles. The summed E-state index contributed by atoms with van der Waals surface area (Å²) in [6.45, 7) is 3.01. The van der Waals surface area contributed by atoms with Crippen LogP contribution in [0.3, 0.4) is 0 Å². The van der Waals surface area contributed by atoms with Crippen molar-refractivity contribution in [3.05, 3.63) is 81.1 Å². The summed E-state index contributed by atoms with van der Waals surface area (Å²) < 4.78 is 1.92. The minimum absolute atomic E-state index is 0.193. The second kappa shape index (κ2) is 9.87. The maximum Gasteiger partial charge on any atom is 0.267 e. The molecule has 2 amide bonds. The van der Waals surface area contributed by atoms with Crippen LogP contribution in [0, 0.1) is 5.92 Å². The van der Waals surface area contributed by atoms with Gasteiger partial charge in [0.1, 0.15) is 15.8 Å². The maximum absolute atomic E-state index is 13.6. The van der Waals surface area contributed by atoms with Crippen molar-refractivity contribution in [2.75, 3.05) is 18.0 Å². The van der Waals surface area contributed by atoms with Crippen LogP contribution in [0.25, 0.3) is 11.7 Å². The van der Waals surface area contributed by atoms with Gasteiger partial charge in [-0.05, 0) is 43.5 Å². The van der Waals surface area contributed by atoms with Crippen LogP contribution in [-0.4, -0.2) is 43.5 Å². The number of thioether (sulfide) groups is 1. The molecule has 184 valence electrons. The number of rotatable bonds is 5. The Balaban J connectivity index is 1.55. The van der Waals surface area contributed by atoms with E-state index in [9.17, 15) is 14.4 Å². The van der Waals surface area contributed by atoms with Gasteiger partial charge in [-0.2, -0.15) is 0 Å². The summed E-state index contributed by atoms with van der Waals surface area (Å²) in [4.78, 5) is 47.4. The minimum atomic E-state index is -0.308. The van der Waals surface area contributed by atoms with E-state index in [-0.39, 0.29) is 29.3 Å². The number of nitrogens with zero attached hydrogens (tertiary/aromatic N) is 4. The summed E-state index contributed by atoms with van der Waals surface area (Å²) in [5.74, 6) is -0.243. The normalized spacial score (nSPS) is 18.9. The fourth-order valence-corrected chi connectivity index (χ4v) is 6.06. The van der Waals surface area contributed by atoms with Gasteiger partial charge in [0.2, 0.25) is 5.91 Å². The third-order valence-corrected chi connectivity index (χ3v) is 8.04. The summed E-state index contributed by atoms with van der Waals surface area (Å²) in [6.07, 6.45) is 4.44. The number of hydrogen-bond donors (Lipinski definition) is 1. The maximum atomic E-state index is 13.6. The standard InChI is InChI=1S/C26H25N5O3S2/c1-16(17-7-3-2-4-8-17)31-25(34)20(36-26(31)35)15-19-23(29-13-10-18(11-14-29)22(27)32)28-21-9-5-6-12-30(21)24(19)33/h2-9,12,15-16,18H,10-11,13-14H2,1H3,(H2,27,32)/b20-15+. The zero-order chi connectivity index (χ0) is 25.4. The highest BCUT2D eigenvalue weighted by atomic mass is 32.2. The first kappa shape index (κ1) is 24.2. The summed E-state index contributed by atoms with van der Waals surface area (Å²) in [7, 11) is 0. The Morgan fingerprint density at radius 3 is 2.53 bits per heavy atom. The predicted octanol–water partition coefficient (Wildman–Crippen LogP) is 3.36. The smallest absolute Gasteiger partial charge is 0.267 e. The van der Waals surface area contributed by atoms with Crippen LogP contribution in [-0.2, 0) is 9.59 Å². The van der Waals surface area contributed by atoms with E-state index >= 15 is 0 Å². The molecule has 0 saturated carbocycles. The Bertz CT molecular complexity index is 1440. The van der Waals surface area contributed by atoms with Gasteiger partial charge in [0, 0.05) is 25.2 Å². The summed E-state index contributed by atoms with van der Waals surface area (Å²) >= 11 is 6.75. The van der Waals surface area contributed by atoms with Crippen LogP contribution < -0.4 is 16.2 Å². The number of benzene rings is 1. The first-order valence-electron chi connectivity index (χ1n) is 11.7. The number of primary amides is 1. The van der Waals surface area contributed by atoms with Crippen LogP contribution >= 0.6 is 24.0 Å². The topological polar surface area (TPSA) is 101 Å². The highest BCUT2D eigenvalue weighted by Crippen LogP contribution is 2.38. The van der Waals surface area contributed by atoms with Gasteiger partial charge in [0.05, 0.1) is 16.5 Å². The lowest BCUT2D eigenvalue weighted by molar-refractivity contribution is -0.123. The Labute approximate surface area is 217 Å². The van der Waals surface area contributed by atoms with Crippen molar-refractivity contribution in [2.24, 2.45) is 11.7 Å². The predicted molar refractivity (Wildman–Crippen MR) is 145 cm³/mol. The van der Waals surface area contributed by atoms with Gasteiger partial charge >= 0.3 is 0 Å². The molecular weight excluding hydrogens is 494 g/mol. The largest absolute Gasteiger partial charge is 0.369 e. The highest BCUT2D eigenvalue weighted by molar-refractivity contribution is 8.26. The van der Waals surface area contributed by atoms with Crippen molar-refractivity contribution in [3.8, 4) is 0 Å². The van der Waals surface area contributed by atoms with Gasteiger partial charge in [-0.1, -0.05) is 60.4 Å². The molecule has 0 radical (unpaired) electrons. The Morgan fingerprint density at radius 2 is 1.83 bits per heavy atom. The van der Waals surface area contributed by atoms with Crippen LogP contribution in [0.1, 0.15) is 36.9 Å². The van der Waals surface area contributed by atoms with Gasteiger partial charge in [-0.15, -0.1) is 0 Å². The third kappa shape index (κ3) is 4.42. The number of anilines is 1.